The van der Waals surface area contributed by atoms with Gasteiger partial charge in [0, 0.05) is 33.3 Å². The molecule has 1 atom stereocenters. The number of rotatable bonds is 2. The fraction of sp³-hybridized carbons (Fsp3) is 0.636. The third kappa shape index (κ3) is 2.24. The molecular formula is C11H18N4O. The van der Waals surface area contributed by atoms with E-state index >= 15 is 0 Å². The van der Waals surface area contributed by atoms with Gasteiger partial charge in [-0.15, -0.1) is 0 Å². The van der Waals surface area contributed by atoms with Crippen LogP contribution in [0.4, 0.5) is 11.6 Å². The van der Waals surface area contributed by atoms with Gasteiger partial charge in [0.25, 0.3) is 0 Å². The van der Waals surface area contributed by atoms with Crippen LogP contribution in [0.5, 0.6) is 0 Å². The Kier molecular flexibility index (Phi) is 2.96. The Labute approximate surface area is 95.7 Å². The first kappa shape index (κ1) is 11.1. The van der Waals surface area contributed by atoms with Crippen molar-refractivity contribution in [3.63, 3.8) is 0 Å². The van der Waals surface area contributed by atoms with E-state index in [9.17, 15) is 5.11 Å². The van der Waals surface area contributed by atoms with E-state index in [1.165, 1.54) is 0 Å². The number of β-amino-alcohol motifs (C(OH)–C–C–N with tert-alkyl or cyclic N) is 1. The van der Waals surface area contributed by atoms with Crippen LogP contribution in [0, 0.1) is 6.92 Å². The van der Waals surface area contributed by atoms with Gasteiger partial charge in [0.05, 0.1) is 6.10 Å². The van der Waals surface area contributed by atoms with Gasteiger partial charge in [0.1, 0.15) is 17.5 Å². The summed E-state index contributed by atoms with van der Waals surface area (Å²) in [5, 5.41) is 9.51. The smallest absolute Gasteiger partial charge is 0.134 e. The molecule has 0 amide bonds. The largest absolute Gasteiger partial charge is 0.391 e. The van der Waals surface area contributed by atoms with Crippen LogP contribution >= 0.6 is 0 Å². The van der Waals surface area contributed by atoms with E-state index in [4.69, 9.17) is 0 Å². The molecule has 1 fully saturated rings. The van der Waals surface area contributed by atoms with E-state index in [0.29, 0.717) is 6.54 Å². The summed E-state index contributed by atoms with van der Waals surface area (Å²) in [7, 11) is 3.93. The van der Waals surface area contributed by atoms with Crippen molar-refractivity contribution in [1.29, 1.82) is 0 Å². The van der Waals surface area contributed by atoms with Crippen molar-refractivity contribution >= 4 is 11.6 Å². The molecule has 16 heavy (non-hydrogen) atoms. The van der Waals surface area contributed by atoms with Crippen molar-refractivity contribution in [2.45, 2.75) is 19.4 Å². The summed E-state index contributed by atoms with van der Waals surface area (Å²) in [6.07, 6.45) is 0.596. The van der Waals surface area contributed by atoms with E-state index in [-0.39, 0.29) is 6.10 Å². The Morgan fingerprint density at radius 2 is 2.19 bits per heavy atom. The molecule has 2 rings (SSSR count). The van der Waals surface area contributed by atoms with Gasteiger partial charge in [0.15, 0.2) is 0 Å². The minimum atomic E-state index is -0.224. The van der Waals surface area contributed by atoms with Gasteiger partial charge in [0.2, 0.25) is 0 Å². The minimum Gasteiger partial charge on any atom is -0.391 e. The fourth-order valence-corrected chi connectivity index (χ4v) is 1.88. The third-order valence-corrected chi connectivity index (χ3v) is 2.76. The highest BCUT2D eigenvalue weighted by Gasteiger charge is 2.22. The highest BCUT2D eigenvalue weighted by atomic mass is 16.3. The van der Waals surface area contributed by atoms with Gasteiger partial charge in [-0.1, -0.05) is 0 Å². The number of anilines is 2. The lowest BCUT2D eigenvalue weighted by Crippen LogP contribution is -2.23. The summed E-state index contributed by atoms with van der Waals surface area (Å²) in [6, 6.07) is 1.96. The Morgan fingerprint density at radius 3 is 2.75 bits per heavy atom. The van der Waals surface area contributed by atoms with Gasteiger partial charge in [-0.2, -0.15) is 0 Å². The number of hydrogen-bond acceptors (Lipinski definition) is 5. The molecule has 0 saturated carbocycles. The molecule has 1 aliphatic rings. The SMILES string of the molecule is Cc1nc(N(C)C)cc(N2CCC(O)C2)n1. The molecule has 1 aromatic heterocycles. The quantitative estimate of drug-likeness (QED) is 0.786. The Balaban J connectivity index is 2.27. The molecular weight excluding hydrogens is 204 g/mol. The van der Waals surface area contributed by atoms with Crippen LogP contribution in [-0.2, 0) is 0 Å². The molecule has 1 aromatic rings. The molecule has 1 N–H and O–H groups in total. The van der Waals surface area contributed by atoms with Gasteiger partial charge < -0.3 is 14.9 Å². The highest BCUT2D eigenvalue weighted by Crippen LogP contribution is 2.21. The Hall–Kier alpha value is -1.36. The first-order valence-corrected chi connectivity index (χ1v) is 5.52. The molecule has 0 aromatic carbocycles. The van der Waals surface area contributed by atoms with Crippen molar-refractivity contribution in [2.75, 3.05) is 37.0 Å². The zero-order chi connectivity index (χ0) is 11.7. The summed E-state index contributed by atoms with van der Waals surface area (Å²) in [5.74, 6) is 2.58. The predicted molar refractivity (Wildman–Crippen MR) is 63.9 cm³/mol. The lowest BCUT2D eigenvalue weighted by molar-refractivity contribution is 0.198. The number of hydrogen-bond donors (Lipinski definition) is 1. The minimum absolute atomic E-state index is 0.224. The average Bonchev–Trinajstić information content (AvgIpc) is 2.64. The lowest BCUT2D eigenvalue weighted by atomic mass is 10.3. The second-order valence-corrected chi connectivity index (χ2v) is 4.41. The summed E-state index contributed by atoms with van der Waals surface area (Å²) >= 11 is 0. The highest BCUT2D eigenvalue weighted by molar-refractivity contribution is 5.50. The van der Waals surface area contributed by atoms with Crippen molar-refractivity contribution in [1.82, 2.24) is 9.97 Å². The summed E-state index contributed by atoms with van der Waals surface area (Å²) in [4.78, 5) is 12.8. The molecule has 1 aliphatic heterocycles. The molecule has 0 aliphatic carbocycles. The molecule has 2 heterocycles. The van der Waals surface area contributed by atoms with Crippen molar-refractivity contribution < 1.29 is 5.11 Å². The maximum Gasteiger partial charge on any atom is 0.134 e. The number of aliphatic hydroxyl groups is 1. The van der Waals surface area contributed by atoms with Crippen LogP contribution < -0.4 is 9.80 Å². The second kappa shape index (κ2) is 4.25. The van der Waals surface area contributed by atoms with Crippen LogP contribution in [-0.4, -0.2) is 48.4 Å². The van der Waals surface area contributed by atoms with E-state index < -0.39 is 0 Å². The maximum absolute atomic E-state index is 9.51. The molecule has 1 saturated heterocycles. The van der Waals surface area contributed by atoms with Gasteiger partial charge >= 0.3 is 0 Å². The van der Waals surface area contributed by atoms with Crippen molar-refractivity contribution in [3.05, 3.63) is 11.9 Å². The van der Waals surface area contributed by atoms with Crippen LogP contribution in [0.25, 0.3) is 0 Å². The first-order chi connectivity index (χ1) is 7.56. The van der Waals surface area contributed by atoms with Crippen LogP contribution in [0.2, 0.25) is 0 Å². The van der Waals surface area contributed by atoms with Crippen molar-refractivity contribution in [3.8, 4) is 0 Å². The molecule has 1 unspecified atom stereocenters. The van der Waals surface area contributed by atoms with E-state index in [2.05, 4.69) is 14.9 Å². The summed E-state index contributed by atoms with van der Waals surface area (Å²) in [5.41, 5.74) is 0. The maximum atomic E-state index is 9.51. The summed E-state index contributed by atoms with van der Waals surface area (Å²) in [6.45, 7) is 3.43. The van der Waals surface area contributed by atoms with E-state index in [1.807, 2.05) is 32.0 Å². The molecule has 0 spiro atoms. The standard InChI is InChI=1S/C11H18N4O/c1-8-12-10(14(2)3)6-11(13-8)15-5-4-9(16)7-15/h6,9,16H,4-5,7H2,1-3H3. The second-order valence-electron chi connectivity index (χ2n) is 4.41. The molecule has 0 radical (unpaired) electrons. The predicted octanol–water partition coefficient (Wildman–Crippen LogP) is 0.422. The average molecular weight is 222 g/mol. The monoisotopic (exact) mass is 222 g/mol. The number of aliphatic hydroxyl groups excluding tert-OH is 1. The zero-order valence-electron chi connectivity index (χ0n) is 10.0. The van der Waals surface area contributed by atoms with E-state index in [0.717, 1.165) is 30.4 Å². The molecule has 88 valence electrons. The van der Waals surface area contributed by atoms with Gasteiger partial charge in [-0.3, -0.25) is 0 Å². The Morgan fingerprint density at radius 1 is 1.44 bits per heavy atom. The lowest BCUT2D eigenvalue weighted by Gasteiger charge is -2.19. The molecule has 0 bridgehead atoms. The van der Waals surface area contributed by atoms with Crippen molar-refractivity contribution in [2.24, 2.45) is 0 Å². The topological polar surface area (TPSA) is 52.5 Å². The number of nitrogens with zero attached hydrogens (tertiary/aromatic N) is 4. The number of aromatic nitrogens is 2. The number of aryl methyl sites for hydroxylation is 1. The van der Waals surface area contributed by atoms with Crippen LogP contribution in [0.1, 0.15) is 12.2 Å². The normalized spacial score (nSPS) is 20.2. The summed E-state index contributed by atoms with van der Waals surface area (Å²) < 4.78 is 0. The van der Waals surface area contributed by atoms with Crippen LogP contribution in [0.3, 0.4) is 0 Å². The molecule has 5 nitrogen and oxygen atoms in total. The first-order valence-electron chi connectivity index (χ1n) is 5.52. The Bertz CT molecular complexity index is 380. The van der Waals surface area contributed by atoms with Crippen LogP contribution in [0.15, 0.2) is 6.07 Å². The molecule has 5 heteroatoms. The third-order valence-electron chi connectivity index (χ3n) is 2.76. The van der Waals surface area contributed by atoms with Gasteiger partial charge in [-0.05, 0) is 13.3 Å². The van der Waals surface area contributed by atoms with E-state index in [1.54, 1.807) is 0 Å². The van der Waals surface area contributed by atoms with Gasteiger partial charge in [-0.25, -0.2) is 9.97 Å². The zero-order valence-corrected chi connectivity index (χ0v) is 10.0. The fourth-order valence-electron chi connectivity index (χ4n) is 1.88.